The summed E-state index contributed by atoms with van der Waals surface area (Å²) in [7, 11) is 4.03. The Kier molecular flexibility index (Phi) is 7.73. The molecule has 0 aromatic heterocycles. The van der Waals surface area contributed by atoms with Gasteiger partial charge >= 0.3 is 0 Å². The Bertz CT molecular complexity index is 438. The van der Waals surface area contributed by atoms with Gasteiger partial charge in [-0.2, -0.15) is 0 Å². The molecule has 2 N–H and O–H groups in total. The molecule has 0 radical (unpaired) electrons. The maximum Gasteiger partial charge on any atom is 0.221 e. The Morgan fingerprint density at radius 1 is 1.25 bits per heavy atom. The number of rotatable bonds is 8. The number of carbonyl (C=O) groups excluding carboxylic acids is 1. The molecule has 0 heterocycles. The van der Waals surface area contributed by atoms with Gasteiger partial charge < -0.3 is 15.5 Å². The maximum absolute atomic E-state index is 11.6. The first kappa shape index (κ1) is 17.1. The molecule has 0 saturated carbocycles. The van der Waals surface area contributed by atoms with E-state index < -0.39 is 0 Å². The summed E-state index contributed by atoms with van der Waals surface area (Å²) >= 11 is 11.8. The second kappa shape index (κ2) is 9.06. The van der Waals surface area contributed by atoms with Crippen LogP contribution < -0.4 is 10.6 Å². The molecule has 20 heavy (non-hydrogen) atoms. The van der Waals surface area contributed by atoms with Crippen LogP contribution >= 0.6 is 23.2 Å². The van der Waals surface area contributed by atoms with Gasteiger partial charge in [0.1, 0.15) is 0 Å². The summed E-state index contributed by atoms with van der Waals surface area (Å²) in [5.74, 6) is 0.0429. The van der Waals surface area contributed by atoms with E-state index >= 15 is 0 Å². The van der Waals surface area contributed by atoms with Crippen LogP contribution in [0.3, 0.4) is 0 Å². The Morgan fingerprint density at radius 3 is 2.65 bits per heavy atom. The van der Waals surface area contributed by atoms with Crippen molar-refractivity contribution in [2.24, 2.45) is 0 Å². The summed E-state index contributed by atoms with van der Waals surface area (Å²) in [4.78, 5) is 13.7. The normalized spacial score (nSPS) is 10.7. The molecule has 1 rings (SSSR count). The zero-order valence-corrected chi connectivity index (χ0v) is 13.4. The Morgan fingerprint density at radius 2 is 2.00 bits per heavy atom. The van der Waals surface area contributed by atoms with Gasteiger partial charge in [0, 0.05) is 24.5 Å². The SMILES string of the molecule is CN(C)CCCNC(=O)CCNc1ccc(Cl)cc1Cl. The van der Waals surface area contributed by atoms with Crippen LogP contribution in [0.1, 0.15) is 12.8 Å². The summed E-state index contributed by atoms with van der Waals surface area (Å²) < 4.78 is 0. The summed E-state index contributed by atoms with van der Waals surface area (Å²) in [6.07, 6.45) is 1.37. The molecule has 1 aromatic rings. The first-order chi connectivity index (χ1) is 9.49. The third-order valence-electron chi connectivity index (χ3n) is 2.70. The van der Waals surface area contributed by atoms with Gasteiger partial charge in [0.2, 0.25) is 5.91 Å². The number of amides is 1. The Balaban J connectivity index is 2.18. The summed E-state index contributed by atoms with van der Waals surface area (Å²) in [5.41, 5.74) is 0.788. The number of nitrogens with one attached hydrogen (secondary N) is 2. The first-order valence-electron chi connectivity index (χ1n) is 6.59. The average Bonchev–Trinajstić information content (AvgIpc) is 2.37. The van der Waals surface area contributed by atoms with Gasteiger partial charge in [0.25, 0.3) is 0 Å². The molecule has 1 aromatic carbocycles. The predicted molar refractivity (Wildman–Crippen MR) is 85.7 cm³/mol. The average molecular weight is 318 g/mol. The largest absolute Gasteiger partial charge is 0.383 e. The smallest absolute Gasteiger partial charge is 0.221 e. The number of hydrogen-bond acceptors (Lipinski definition) is 3. The highest BCUT2D eigenvalue weighted by atomic mass is 35.5. The van der Waals surface area contributed by atoms with Gasteiger partial charge in [-0.1, -0.05) is 23.2 Å². The molecule has 0 aliphatic rings. The fourth-order valence-corrected chi connectivity index (χ4v) is 2.13. The number of nitrogens with zero attached hydrogens (tertiary/aromatic N) is 1. The zero-order valence-electron chi connectivity index (χ0n) is 11.9. The second-order valence-corrected chi connectivity index (χ2v) is 5.65. The van der Waals surface area contributed by atoms with E-state index in [-0.39, 0.29) is 5.91 Å². The van der Waals surface area contributed by atoms with Crippen LogP contribution in [0.2, 0.25) is 10.0 Å². The van der Waals surface area contributed by atoms with Gasteiger partial charge in [0.05, 0.1) is 10.7 Å². The van der Waals surface area contributed by atoms with Crippen LogP contribution in [0.5, 0.6) is 0 Å². The summed E-state index contributed by atoms with van der Waals surface area (Å²) in [6.45, 7) is 2.22. The van der Waals surface area contributed by atoms with E-state index in [0.717, 1.165) is 18.7 Å². The van der Waals surface area contributed by atoms with E-state index in [1.165, 1.54) is 0 Å². The first-order valence-corrected chi connectivity index (χ1v) is 7.35. The standard InChI is InChI=1S/C14H21Cl2N3O/c1-19(2)9-3-7-18-14(20)6-8-17-13-5-4-11(15)10-12(13)16/h4-5,10,17H,3,6-9H2,1-2H3,(H,18,20). The molecule has 0 atom stereocenters. The minimum absolute atomic E-state index is 0.0429. The monoisotopic (exact) mass is 317 g/mol. The lowest BCUT2D eigenvalue weighted by Crippen LogP contribution is -2.28. The number of halogens is 2. The highest BCUT2D eigenvalue weighted by Crippen LogP contribution is 2.25. The van der Waals surface area contributed by atoms with E-state index in [4.69, 9.17) is 23.2 Å². The van der Waals surface area contributed by atoms with Crippen LogP contribution in [0, 0.1) is 0 Å². The minimum atomic E-state index is 0.0429. The van der Waals surface area contributed by atoms with Gasteiger partial charge in [-0.25, -0.2) is 0 Å². The van der Waals surface area contributed by atoms with Crippen molar-refractivity contribution < 1.29 is 4.79 Å². The molecule has 0 saturated heterocycles. The highest BCUT2D eigenvalue weighted by molar-refractivity contribution is 6.36. The third kappa shape index (κ3) is 6.98. The van der Waals surface area contributed by atoms with Crippen molar-refractivity contribution in [1.82, 2.24) is 10.2 Å². The molecule has 0 fully saturated rings. The third-order valence-corrected chi connectivity index (χ3v) is 3.25. The summed E-state index contributed by atoms with van der Waals surface area (Å²) in [5, 5.41) is 7.16. The maximum atomic E-state index is 11.6. The molecule has 112 valence electrons. The van der Waals surface area contributed by atoms with Crippen molar-refractivity contribution in [2.75, 3.05) is 39.0 Å². The quantitative estimate of drug-likeness (QED) is 0.725. The molecule has 1 amide bonds. The fraction of sp³-hybridized carbons (Fsp3) is 0.500. The molecule has 0 unspecified atom stereocenters. The second-order valence-electron chi connectivity index (χ2n) is 4.81. The van der Waals surface area contributed by atoms with Crippen molar-refractivity contribution in [1.29, 1.82) is 0 Å². The van der Waals surface area contributed by atoms with Crippen LogP contribution in [0.25, 0.3) is 0 Å². The van der Waals surface area contributed by atoms with Crippen molar-refractivity contribution in [2.45, 2.75) is 12.8 Å². The highest BCUT2D eigenvalue weighted by Gasteiger charge is 2.03. The van der Waals surface area contributed by atoms with Crippen LogP contribution in [0.15, 0.2) is 18.2 Å². The number of benzene rings is 1. The van der Waals surface area contributed by atoms with Gasteiger partial charge in [-0.05, 0) is 45.3 Å². The fourth-order valence-electron chi connectivity index (χ4n) is 1.66. The molecular formula is C14H21Cl2N3O. The predicted octanol–water partition coefficient (Wildman–Crippen LogP) is 2.86. The summed E-state index contributed by atoms with van der Waals surface area (Å²) in [6, 6.07) is 5.24. The molecule has 4 nitrogen and oxygen atoms in total. The number of hydrogen-bond donors (Lipinski definition) is 2. The van der Waals surface area contributed by atoms with Crippen molar-refractivity contribution in [3.63, 3.8) is 0 Å². The number of carbonyl (C=O) groups is 1. The van der Waals surface area contributed by atoms with Gasteiger partial charge in [-0.15, -0.1) is 0 Å². The van der Waals surface area contributed by atoms with E-state index in [1.54, 1.807) is 18.2 Å². The topological polar surface area (TPSA) is 44.4 Å². The molecule has 0 aliphatic heterocycles. The Hall–Kier alpha value is -0.970. The van der Waals surface area contributed by atoms with E-state index in [1.807, 2.05) is 14.1 Å². The molecule has 6 heteroatoms. The van der Waals surface area contributed by atoms with Gasteiger partial charge in [0.15, 0.2) is 0 Å². The van der Waals surface area contributed by atoms with Crippen molar-refractivity contribution >= 4 is 34.8 Å². The van der Waals surface area contributed by atoms with Crippen LogP contribution in [-0.2, 0) is 4.79 Å². The van der Waals surface area contributed by atoms with E-state index in [0.29, 0.717) is 29.6 Å². The molecular weight excluding hydrogens is 297 g/mol. The molecule has 0 aliphatic carbocycles. The van der Waals surface area contributed by atoms with E-state index in [2.05, 4.69) is 15.5 Å². The zero-order chi connectivity index (χ0) is 15.0. The number of anilines is 1. The van der Waals surface area contributed by atoms with Crippen LogP contribution in [-0.4, -0.2) is 44.5 Å². The van der Waals surface area contributed by atoms with Crippen molar-refractivity contribution in [3.8, 4) is 0 Å². The lowest BCUT2D eigenvalue weighted by molar-refractivity contribution is -0.120. The minimum Gasteiger partial charge on any atom is -0.383 e. The lowest BCUT2D eigenvalue weighted by Gasteiger charge is -2.11. The van der Waals surface area contributed by atoms with E-state index in [9.17, 15) is 4.79 Å². The molecule has 0 spiro atoms. The van der Waals surface area contributed by atoms with Gasteiger partial charge in [-0.3, -0.25) is 4.79 Å². The Labute approximate surface area is 130 Å². The molecule has 0 bridgehead atoms. The van der Waals surface area contributed by atoms with Crippen LogP contribution in [0.4, 0.5) is 5.69 Å². The lowest BCUT2D eigenvalue weighted by atomic mass is 10.3. The van der Waals surface area contributed by atoms with Crippen molar-refractivity contribution in [3.05, 3.63) is 28.2 Å².